The summed E-state index contributed by atoms with van der Waals surface area (Å²) < 4.78 is 0. The van der Waals surface area contributed by atoms with Crippen LogP contribution in [0, 0.1) is 0 Å². The minimum Gasteiger partial charge on any atom is -0.385 e. The van der Waals surface area contributed by atoms with Gasteiger partial charge in [0.1, 0.15) is 0 Å². The van der Waals surface area contributed by atoms with E-state index in [1.165, 1.54) is 5.01 Å². The van der Waals surface area contributed by atoms with E-state index in [0.29, 0.717) is 6.42 Å². The second-order valence-electron chi connectivity index (χ2n) is 3.80. The lowest BCUT2D eigenvalue weighted by Gasteiger charge is -2.13. The predicted octanol–water partition coefficient (Wildman–Crippen LogP) is 2.23. The molecule has 4 nitrogen and oxygen atoms in total. The number of nitrogens with one attached hydrogen (secondary N) is 1. The Labute approximate surface area is 95.0 Å². The fraction of sp³-hybridized carbons (Fsp3) is 0.333. The molecule has 1 aromatic carbocycles. The molecule has 84 valence electrons. The third-order valence-electron chi connectivity index (χ3n) is 2.39. The molecule has 2 rings (SSSR count). The highest BCUT2D eigenvalue weighted by molar-refractivity contribution is 6.12. The standard InChI is InChI=1S/C12H15N3O/c1-3-13-10-5-4-6-11(8-10)15-12(16)7-9(2)14-15/h4-6,8,13H,3,7H2,1-2H3. The van der Waals surface area contributed by atoms with Crippen molar-refractivity contribution in [2.45, 2.75) is 20.3 Å². The number of nitrogens with zero attached hydrogens (tertiary/aromatic N) is 2. The van der Waals surface area contributed by atoms with Gasteiger partial charge in [0.05, 0.1) is 12.1 Å². The van der Waals surface area contributed by atoms with Gasteiger partial charge in [-0.15, -0.1) is 0 Å². The number of carbonyl (C=O) groups excluding carboxylic acids is 1. The maximum atomic E-state index is 11.6. The van der Waals surface area contributed by atoms with E-state index in [0.717, 1.165) is 23.6 Å². The summed E-state index contributed by atoms with van der Waals surface area (Å²) in [4.78, 5) is 11.6. The number of carbonyl (C=O) groups is 1. The fourth-order valence-corrected chi connectivity index (χ4v) is 1.71. The topological polar surface area (TPSA) is 44.7 Å². The molecule has 1 amide bonds. The van der Waals surface area contributed by atoms with Gasteiger partial charge < -0.3 is 5.32 Å². The normalized spacial score (nSPS) is 15.2. The van der Waals surface area contributed by atoms with Crippen LogP contribution >= 0.6 is 0 Å². The number of hydrazone groups is 1. The van der Waals surface area contributed by atoms with Crippen molar-refractivity contribution in [3.63, 3.8) is 0 Å². The molecule has 16 heavy (non-hydrogen) atoms. The molecule has 0 atom stereocenters. The molecule has 0 saturated heterocycles. The number of anilines is 2. The Hall–Kier alpha value is -1.84. The van der Waals surface area contributed by atoms with Gasteiger partial charge >= 0.3 is 0 Å². The van der Waals surface area contributed by atoms with Crippen LogP contribution in [-0.2, 0) is 4.79 Å². The Balaban J connectivity index is 2.26. The molecule has 0 saturated carbocycles. The first-order valence-electron chi connectivity index (χ1n) is 5.41. The summed E-state index contributed by atoms with van der Waals surface area (Å²) in [5, 5.41) is 8.89. The summed E-state index contributed by atoms with van der Waals surface area (Å²) in [6.45, 7) is 4.77. The van der Waals surface area contributed by atoms with Gasteiger partial charge in [0.2, 0.25) is 0 Å². The summed E-state index contributed by atoms with van der Waals surface area (Å²) in [7, 11) is 0. The number of hydrogen-bond acceptors (Lipinski definition) is 3. The summed E-state index contributed by atoms with van der Waals surface area (Å²) in [5.74, 6) is 0.0335. The second-order valence-corrected chi connectivity index (χ2v) is 3.80. The van der Waals surface area contributed by atoms with Gasteiger partial charge in [-0.2, -0.15) is 5.10 Å². The monoisotopic (exact) mass is 217 g/mol. The van der Waals surface area contributed by atoms with Crippen LogP contribution in [0.3, 0.4) is 0 Å². The molecule has 1 N–H and O–H groups in total. The van der Waals surface area contributed by atoms with Crippen molar-refractivity contribution in [3.05, 3.63) is 24.3 Å². The highest BCUT2D eigenvalue weighted by atomic mass is 16.2. The van der Waals surface area contributed by atoms with E-state index in [1.54, 1.807) is 0 Å². The zero-order valence-electron chi connectivity index (χ0n) is 9.53. The Kier molecular flexibility index (Phi) is 2.90. The van der Waals surface area contributed by atoms with E-state index in [1.807, 2.05) is 38.1 Å². The summed E-state index contributed by atoms with van der Waals surface area (Å²) in [6.07, 6.45) is 0.422. The van der Waals surface area contributed by atoms with Crippen molar-refractivity contribution >= 4 is 23.0 Å². The molecule has 0 fully saturated rings. The van der Waals surface area contributed by atoms with Crippen LogP contribution in [0.5, 0.6) is 0 Å². The molecule has 1 aromatic rings. The lowest BCUT2D eigenvalue weighted by Crippen LogP contribution is -2.19. The average molecular weight is 217 g/mol. The molecule has 0 radical (unpaired) electrons. The van der Waals surface area contributed by atoms with Gasteiger partial charge in [-0.1, -0.05) is 6.07 Å². The van der Waals surface area contributed by atoms with Gasteiger partial charge in [-0.3, -0.25) is 4.79 Å². The van der Waals surface area contributed by atoms with Crippen molar-refractivity contribution in [1.82, 2.24) is 0 Å². The van der Waals surface area contributed by atoms with Crippen molar-refractivity contribution in [3.8, 4) is 0 Å². The lowest BCUT2D eigenvalue weighted by atomic mass is 10.2. The quantitative estimate of drug-likeness (QED) is 0.843. The van der Waals surface area contributed by atoms with E-state index < -0.39 is 0 Å². The van der Waals surface area contributed by atoms with E-state index in [4.69, 9.17) is 0 Å². The molecule has 0 aliphatic carbocycles. The van der Waals surface area contributed by atoms with Gasteiger partial charge in [-0.05, 0) is 32.0 Å². The molecule has 1 heterocycles. The van der Waals surface area contributed by atoms with Gasteiger partial charge in [0.25, 0.3) is 5.91 Å². The first-order chi connectivity index (χ1) is 7.70. The molecule has 0 spiro atoms. The van der Waals surface area contributed by atoms with E-state index in [2.05, 4.69) is 10.4 Å². The smallest absolute Gasteiger partial charge is 0.253 e. The van der Waals surface area contributed by atoms with Gasteiger partial charge in [0, 0.05) is 17.9 Å². The van der Waals surface area contributed by atoms with Crippen LogP contribution in [0.15, 0.2) is 29.4 Å². The van der Waals surface area contributed by atoms with Crippen LogP contribution in [0.4, 0.5) is 11.4 Å². The van der Waals surface area contributed by atoms with Crippen LogP contribution in [0.1, 0.15) is 20.3 Å². The van der Waals surface area contributed by atoms with Crippen LogP contribution in [0.25, 0.3) is 0 Å². The zero-order valence-corrected chi connectivity index (χ0v) is 9.53. The maximum Gasteiger partial charge on any atom is 0.253 e. The molecule has 1 aliphatic rings. The Morgan fingerprint density at radius 2 is 2.31 bits per heavy atom. The first kappa shape index (κ1) is 10.7. The van der Waals surface area contributed by atoms with Crippen molar-refractivity contribution in [1.29, 1.82) is 0 Å². The summed E-state index contributed by atoms with van der Waals surface area (Å²) >= 11 is 0. The van der Waals surface area contributed by atoms with Gasteiger partial charge in [-0.25, -0.2) is 5.01 Å². The number of benzene rings is 1. The van der Waals surface area contributed by atoms with Crippen LogP contribution in [-0.4, -0.2) is 18.2 Å². The lowest BCUT2D eigenvalue weighted by molar-refractivity contribution is -0.116. The predicted molar refractivity (Wildman–Crippen MR) is 65.8 cm³/mol. The van der Waals surface area contributed by atoms with Gasteiger partial charge in [0.15, 0.2) is 0 Å². The SMILES string of the molecule is CCNc1cccc(N2N=C(C)CC2=O)c1. The Morgan fingerprint density at radius 3 is 2.94 bits per heavy atom. The molecule has 0 aromatic heterocycles. The van der Waals surface area contributed by atoms with Crippen LogP contribution < -0.4 is 10.3 Å². The second kappa shape index (κ2) is 4.35. The number of amides is 1. The molecule has 4 heteroatoms. The molecule has 0 bridgehead atoms. The Bertz CT molecular complexity index is 440. The van der Waals surface area contributed by atoms with E-state index in [9.17, 15) is 4.79 Å². The molecular weight excluding hydrogens is 202 g/mol. The highest BCUT2D eigenvalue weighted by Crippen LogP contribution is 2.23. The summed E-state index contributed by atoms with van der Waals surface area (Å²) in [6, 6.07) is 7.72. The zero-order chi connectivity index (χ0) is 11.5. The van der Waals surface area contributed by atoms with Crippen molar-refractivity contribution in [2.75, 3.05) is 16.9 Å². The average Bonchev–Trinajstić information content (AvgIpc) is 2.59. The minimum atomic E-state index is 0.0335. The Morgan fingerprint density at radius 1 is 1.50 bits per heavy atom. The van der Waals surface area contributed by atoms with E-state index in [-0.39, 0.29) is 5.91 Å². The largest absolute Gasteiger partial charge is 0.385 e. The summed E-state index contributed by atoms with van der Waals surface area (Å²) in [5.41, 5.74) is 2.69. The molecule has 1 aliphatic heterocycles. The number of rotatable bonds is 3. The van der Waals surface area contributed by atoms with Crippen molar-refractivity contribution in [2.24, 2.45) is 5.10 Å². The van der Waals surface area contributed by atoms with Crippen LogP contribution in [0.2, 0.25) is 0 Å². The minimum absolute atomic E-state index is 0.0335. The first-order valence-corrected chi connectivity index (χ1v) is 5.41. The molecular formula is C12H15N3O. The fourth-order valence-electron chi connectivity index (χ4n) is 1.71. The maximum absolute atomic E-state index is 11.6. The van der Waals surface area contributed by atoms with E-state index >= 15 is 0 Å². The third kappa shape index (κ3) is 2.05. The molecule has 0 unspecified atom stereocenters. The highest BCUT2D eigenvalue weighted by Gasteiger charge is 2.22. The number of hydrogen-bond donors (Lipinski definition) is 1. The van der Waals surface area contributed by atoms with Crippen molar-refractivity contribution < 1.29 is 4.79 Å². The third-order valence-corrected chi connectivity index (χ3v) is 2.39.